The average molecular weight is 307 g/mol. The first-order valence-electron chi connectivity index (χ1n) is 7.13. The number of hydrogen-bond donors (Lipinski definition) is 0. The lowest BCUT2D eigenvalue weighted by Crippen LogP contribution is -2.42. The predicted octanol–water partition coefficient (Wildman–Crippen LogP) is 2.04. The molecule has 21 heavy (non-hydrogen) atoms. The van der Waals surface area contributed by atoms with Crippen molar-refractivity contribution in [2.75, 3.05) is 20.6 Å². The van der Waals surface area contributed by atoms with Crippen LogP contribution in [0, 0.1) is 0 Å². The molecule has 1 saturated heterocycles. The van der Waals surface area contributed by atoms with Crippen LogP contribution >= 0.6 is 11.6 Å². The van der Waals surface area contributed by atoms with Gasteiger partial charge in [-0.1, -0.05) is 11.6 Å². The number of rotatable bonds is 3. The highest BCUT2D eigenvalue weighted by atomic mass is 35.5. The van der Waals surface area contributed by atoms with Crippen molar-refractivity contribution in [2.24, 2.45) is 0 Å². The van der Waals surface area contributed by atoms with E-state index in [1.165, 1.54) is 0 Å². The van der Waals surface area contributed by atoms with Gasteiger partial charge in [0.05, 0.1) is 16.8 Å². The van der Waals surface area contributed by atoms with Crippen LogP contribution in [0.25, 0.3) is 5.65 Å². The number of likely N-dealkylation sites (N-methyl/N-ethyl adjacent to an activating group) is 1. The second kappa shape index (κ2) is 5.66. The zero-order valence-corrected chi connectivity index (χ0v) is 13.0. The summed E-state index contributed by atoms with van der Waals surface area (Å²) in [5.41, 5.74) is 1.85. The van der Waals surface area contributed by atoms with Crippen LogP contribution in [0.4, 0.5) is 0 Å². The van der Waals surface area contributed by atoms with Gasteiger partial charge in [0, 0.05) is 33.0 Å². The van der Waals surface area contributed by atoms with E-state index in [0.717, 1.165) is 30.7 Å². The summed E-state index contributed by atoms with van der Waals surface area (Å²) in [6.45, 7) is 1.64. The molecule has 1 fully saturated rings. The van der Waals surface area contributed by atoms with Gasteiger partial charge in [-0.05, 0) is 31.5 Å². The lowest BCUT2D eigenvalue weighted by Gasteiger charge is -2.25. The molecule has 2 aromatic rings. The zero-order valence-electron chi connectivity index (χ0n) is 12.3. The topological polar surface area (TPSA) is 40.9 Å². The van der Waals surface area contributed by atoms with E-state index in [-0.39, 0.29) is 11.9 Å². The molecule has 3 heterocycles. The maximum atomic E-state index is 12.2. The van der Waals surface area contributed by atoms with E-state index >= 15 is 0 Å². The Bertz CT molecular complexity index is 667. The highest BCUT2D eigenvalue weighted by molar-refractivity contribution is 6.30. The van der Waals surface area contributed by atoms with Crippen LogP contribution in [0.15, 0.2) is 24.5 Å². The SMILES string of the molecule is CN(C)C(=O)C1CCCN1Cc1cn2cc(Cl)ccc2n1. The Morgan fingerprint density at radius 2 is 2.24 bits per heavy atom. The van der Waals surface area contributed by atoms with E-state index in [9.17, 15) is 4.79 Å². The first-order chi connectivity index (χ1) is 10.0. The Hall–Kier alpha value is -1.59. The Kier molecular flexibility index (Phi) is 3.87. The number of carbonyl (C=O) groups excluding carboxylic acids is 1. The number of hydrogen-bond acceptors (Lipinski definition) is 3. The third kappa shape index (κ3) is 2.89. The molecule has 0 saturated carbocycles. The van der Waals surface area contributed by atoms with E-state index in [1.807, 2.05) is 43.0 Å². The van der Waals surface area contributed by atoms with Gasteiger partial charge >= 0.3 is 0 Å². The van der Waals surface area contributed by atoms with Crippen LogP contribution in [0.1, 0.15) is 18.5 Å². The van der Waals surface area contributed by atoms with Gasteiger partial charge in [-0.25, -0.2) is 4.98 Å². The number of pyridine rings is 1. The molecular weight excluding hydrogens is 288 g/mol. The quantitative estimate of drug-likeness (QED) is 0.871. The molecule has 5 nitrogen and oxygen atoms in total. The standard InChI is InChI=1S/C15H19ClN4O/c1-18(2)15(21)13-4-3-7-19(13)9-12-10-20-8-11(16)5-6-14(20)17-12/h5-6,8,10,13H,3-4,7,9H2,1-2H3. The van der Waals surface area contributed by atoms with Crippen molar-refractivity contribution < 1.29 is 4.79 Å². The van der Waals surface area contributed by atoms with Crippen LogP contribution in [-0.4, -0.2) is 51.8 Å². The maximum Gasteiger partial charge on any atom is 0.239 e. The van der Waals surface area contributed by atoms with E-state index in [2.05, 4.69) is 9.88 Å². The molecule has 1 atom stereocenters. The fourth-order valence-electron chi connectivity index (χ4n) is 2.89. The largest absolute Gasteiger partial charge is 0.347 e. The molecule has 0 radical (unpaired) electrons. The van der Waals surface area contributed by atoms with Crippen molar-refractivity contribution in [1.82, 2.24) is 19.2 Å². The smallest absolute Gasteiger partial charge is 0.239 e. The maximum absolute atomic E-state index is 12.2. The van der Waals surface area contributed by atoms with Gasteiger partial charge in [-0.3, -0.25) is 9.69 Å². The zero-order chi connectivity index (χ0) is 15.0. The Morgan fingerprint density at radius 3 is 3.00 bits per heavy atom. The van der Waals surface area contributed by atoms with Crippen molar-refractivity contribution >= 4 is 23.2 Å². The summed E-state index contributed by atoms with van der Waals surface area (Å²) >= 11 is 5.99. The Balaban J connectivity index is 1.79. The van der Waals surface area contributed by atoms with E-state index in [1.54, 1.807) is 4.90 Å². The number of amides is 1. The molecule has 1 amide bonds. The molecule has 0 spiro atoms. The number of imidazole rings is 1. The van der Waals surface area contributed by atoms with Gasteiger partial charge in [0.1, 0.15) is 5.65 Å². The second-order valence-corrected chi connectivity index (χ2v) is 6.14. The molecule has 0 bridgehead atoms. The van der Waals surface area contributed by atoms with Gasteiger partial charge in [0.2, 0.25) is 5.91 Å². The highest BCUT2D eigenvalue weighted by Crippen LogP contribution is 2.21. The average Bonchev–Trinajstić information content (AvgIpc) is 3.03. The second-order valence-electron chi connectivity index (χ2n) is 5.71. The fraction of sp³-hybridized carbons (Fsp3) is 0.467. The predicted molar refractivity (Wildman–Crippen MR) is 82.3 cm³/mol. The number of aromatic nitrogens is 2. The summed E-state index contributed by atoms with van der Waals surface area (Å²) in [5.74, 6) is 0.180. The van der Waals surface area contributed by atoms with Crippen LogP contribution < -0.4 is 0 Å². The number of halogens is 1. The molecule has 1 aliphatic heterocycles. The van der Waals surface area contributed by atoms with Crippen molar-refractivity contribution in [3.63, 3.8) is 0 Å². The summed E-state index contributed by atoms with van der Waals surface area (Å²) in [4.78, 5) is 20.7. The van der Waals surface area contributed by atoms with Crippen molar-refractivity contribution in [3.8, 4) is 0 Å². The molecule has 6 heteroatoms. The normalized spacial score (nSPS) is 19.3. The third-order valence-electron chi connectivity index (χ3n) is 3.92. The molecule has 1 aliphatic rings. The van der Waals surface area contributed by atoms with Crippen molar-refractivity contribution in [2.45, 2.75) is 25.4 Å². The summed E-state index contributed by atoms with van der Waals surface area (Å²) in [5, 5.41) is 0.688. The minimum Gasteiger partial charge on any atom is -0.347 e. The van der Waals surface area contributed by atoms with Crippen molar-refractivity contribution in [3.05, 3.63) is 35.2 Å². The number of fused-ring (bicyclic) bond motifs is 1. The monoisotopic (exact) mass is 306 g/mol. The minimum atomic E-state index is -0.0200. The van der Waals surface area contributed by atoms with Gasteiger partial charge < -0.3 is 9.30 Å². The van der Waals surface area contributed by atoms with Gasteiger partial charge in [-0.15, -0.1) is 0 Å². The van der Waals surface area contributed by atoms with E-state index in [0.29, 0.717) is 11.6 Å². The summed E-state index contributed by atoms with van der Waals surface area (Å²) < 4.78 is 1.93. The molecular formula is C15H19ClN4O. The lowest BCUT2D eigenvalue weighted by molar-refractivity contribution is -0.133. The Morgan fingerprint density at radius 1 is 1.43 bits per heavy atom. The van der Waals surface area contributed by atoms with Crippen LogP contribution in [0.2, 0.25) is 5.02 Å². The van der Waals surface area contributed by atoms with Gasteiger partial charge in [0.25, 0.3) is 0 Å². The fourth-order valence-corrected chi connectivity index (χ4v) is 3.06. The Labute approximate surface area is 129 Å². The first kappa shape index (κ1) is 14.4. The summed E-state index contributed by atoms with van der Waals surface area (Å²) in [6.07, 6.45) is 5.82. The van der Waals surface area contributed by atoms with Crippen molar-refractivity contribution in [1.29, 1.82) is 0 Å². The molecule has 3 rings (SSSR count). The van der Waals surface area contributed by atoms with Crippen LogP contribution in [0.3, 0.4) is 0 Å². The van der Waals surface area contributed by atoms with Gasteiger partial charge in [0.15, 0.2) is 0 Å². The molecule has 112 valence electrons. The molecule has 0 N–H and O–H groups in total. The highest BCUT2D eigenvalue weighted by Gasteiger charge is 2.31. The number of carbonyl (C=O) groups is 1. The third-order valence-corrected chi connectivity index (χ3v) is 4.14. The molecule has 2 aromatic heterocycles. The molecule has 1 unspecified atom stereocenters. The minimum absolute atomic E-state index is 0.0200. The number of nitrogens with zero attached hydrogens (tertiary/aromatic N) is 4. The van der Waals surface area contributed by atoms with Gasteiger partial charge in [-0.2, -0.15) is 0 Å². The first-order valence-corrected chi connectivity index (χ1v) is 7.51. The lowest BCUT2D eigenvalue weighted by atomic mass is 10.2. The summed E-state index contributed by atoms with van der Waals surface area (Å²) in [6, 6.07) is 3.72. The summed E-state index contributed by atoms with van der Waals surface area (Å²) in [7, 11) is 3.62. The van der Waals surface area contributed by atoms with Crippen LogP contribution in [-0.2, 0) is 11.3 Å². The van der Waals surface area contributed by atoms with E-state index < -0.39 is 0 Å². The molecule has 0 aromatic carbocycles. The molecule has 0 aliphatic carbocycles. The van der Waals surface area contributed by atoms with Crippen LogP contribution in [0.5, 0.6) is 0 Å². The van der Waals surface area contributed by atoms with E-state index in [4.69, 9.17) is 11.6 Å². The number of likely N-dealkylation sites (tertiary alicyclic amines) is 1.